The number of hydrogen-bond acceptors (Lipinski definition) is 5. The number of para-hydroxylation sites is 1. The van der Waals surface area contributed by atoms with E-state index in [-0.39, 0.29) is 17.9 Å². The van der Waals surface area contributed by atoms with Crippen molar-refractivity contribution in [3.05, 3.63) is 41.5 Å². The SMILES string of the molecule is Cl.NC1(c2noc(CC3CCOc4ccccc43)n2)CCCC1. The number of benzene rings is 1. The smallest absolute Gasteiger partial charge is 0.227 e. The van der Waals surface area contributed by atoms with Gasteiger partial charge >= 0.3 is 0 Å². The van der Waals surface area contributed by atoms with E-state index in [0.717, 1.165) is 50.9 Å². The normalized spacial score (nSPS) is 22.0. The molecule has 0 amide bonds. The van der Waals surface area contributed by atoms with Gasteiger partial charge in [-0.3, -0.25) is 0 Å². The second-order valence-electron chi connectivity index (χ2n) is 6.45. The molecule has 0 radical (unpaired) electrons. The van der Waals surface area contributed by atoms with Crippen LogP contribution in [0.4, 0.5) is 0 Å². The molecule has 124 valence electrons. The van der Waals surface area contributed by atoms with Crippen molar-refractivity contribution >= 4 is 12.4 Å². The van der Waals surface area contributed by atoms with E-state index in [1.807, 2.05) is 18.2 Å². The summed E-state index contributed by atoms with van der Waals surface area (Å²) >= 11 is 0. The summed E-state index contributed by atoms with van der Waals surface area (Å²) in [6.45, 7) is 0.740. The van der Waals surface area contributed by atoms with Crippen LogP contribution in [-0.4, -0.2) is 16.7 Å². The standard InChI is InChI=1S/C17H21N3O2.ClH/c18-17(8-3-4-9-17)16-19-15(22-20-16)11-12-7-10-21-14-6-2-1-5-13(12)14;/h1-2,5-6,12H,3-4,7-11,18H2;1H. The molecule has 2 aromatic rings. The largest absolute Gasteiger partial charge is 0.493 e. The van der Waals surface area contributed by atoms with Crippen LogP contribution in [0, 0.1) is 0 Å². The summed E-state index contributed by atoms with van der Waals surface area (Å²) in [6, 6.07) is 8.20. The molecule has 5 nitrogen and oxygen atoms in total. The highest BCUT2D eigenvalue weighted by molar-refractivity contribution is 5.85. The Morgan fingerprint density at radius 1 is 1.22 bits per heavy atom. The lowest BCUT2D eigenvalue weighted by Gasteiger charge is -2.24. The molecule has 1 aliphatic carbocycles. The predicted molar refractivity (Wildman–Crippen MR) is 88.9 cm³/mol. The van der Waals surface area contributed by atoms with Gasteiger partial charge in [-0.15, -0.1) is 12.4 Å². The van der Waals surface area contributed by atoms with Gasteiger partial charge in [0.2, 0.25) is 5.89 Å². The number of rotatable bonds is 3. The van der Waals surface area contributed by atoms with Gasteiger partial charge < -0.3 is 15.0 Å². The van der Waals surface area contributed by atoms with E-state index in [0.29, 0.717) is 17.6 Å². The van der Waals surface area contributed by atoms with Crippen LogP contribution in [0.15, 0.2) is 28.8 Å². The number of aromatic nitrogens is 2. The summed E-state index contributed by atoms with van der Waals surface area (Å²) in [4.78, 5) is 4.59. The lowest BCUT2D eigenvalue weighted by atomic mass is 9.90. The number of hydrogen-bond donors (Lipinski definition) is 1. The molecule has 1 fully saturated rings. The molecule has 2 heterocycles. The summed E-state index contributed by atoms with van der Waals surface area (Å²) in [5.74, 6) is 2.72. The summed E-state index contributed by atoms with van der Waals surface area (Å²) in [5.41, 5.74) is 7.25. The van der Waals surface area contributed by atoms with Crippen LogP contribution in [0.2, 0.25) is 0 Å². The Morgan fingerprint density at radius 2 is 2.00 bits per heavy atom. The van der Waals surface area contributed by atoms with Gasteiger partial charge in [0.05, 0.1) is 12.1 Å². The number of ether oxygens (including phenoxy) is 1. The molecule has 0 saturated heterocycles. The fourth-order valence-electron chi connectivity index (χ4n) is 3.61. The average Bonchev–Trinajstić information content (AvgIpc) is 3.18. The maximum Gasteiger partial charge on any atom is 0.227 e. The molecule has 4 rings (SSSR count). The third-order valence-electron chi connectivity index (χ3n) is 4.91. The van der Waals surface area contributed by atoms with Crippen molar-refractivity contribution in [2.45, 2.75) is 50.0 Å². The first-order valence-electron chi connectivity index (χ1n) is 8.08. The minimum atomic E-state index is -0.380. The van der Waals surface area contributed by atoms with E-state index < -0.39 is 0 Å². The molecule has 1 saturated carbocycles. The van der Waals surface area contributed by atoms with Crippen LogP contribution < -0.4 is 10.5 Å². The van der Waals surface area contributed by atoms with Crippen molar-refractivity contribution in [2.75, 3.05) is 6.61 Å². The molecule has 6 heteroatoms. The molecule has 1 aromatic carbocycles. The maximum absolute atomic E-state index is 6.40. The highest BCUT2D eigenvalue weighted by atomic mass is 35.5. The summed E-state index contributed by atoms with van der Waals surface area (Å²) in [7, 11) is 0. The Bertz CT molecular complexity index is 667. The molecule has 1 aromatic heterocycles. The average molecular weight is 336 g/mol. The van der Waals surface area contributed by atoms with Gasteiger partial charge in [0, 0.05) is 6.42 Å². The number of fused-ring (bicyclic) bond motifs is 1. The van der Waals surface area contributed by atoms with Crippen molar-refractivity contribution < 1.29 is 9.26 Å². The molecule has 1 unspecified atom stereocenters. The van der Waals surface area contributed by atoms with E-state index in [1.165, 1.54) is 5.56 Å². The second-order valence-corrected chi connectivity index (χ2v) is 6.45. The van der Waals surface area contributed by atoms with Crippen molar-refractivity contribution in [1.29, 1.82) is 0 Å². The summed E-state index contributed by atoms with van der Waals surface area (Å²) < 4.78 is 11.2. The van der Waals surface area contributed by atoms with Gasteiger partial charge in [0.25, 0.3) is 0 Å². The molecule has 1 aliphatic heterocycles. The van der Waals surface area contributed by atoms with Crippen molar-refractivity contribution in [2.24, 2.45) is 5.73 Å². The number of halogens is 1. The van der Waals surface area contributed by atoms with Crippen LogP contribution in [0.5, 0.6) is 5.75 Å². The van der Waals surface area contributed by atoms with E-state index in [1.54, 1.807) is 0 Å². The lowest BCUT2D eigenvalue weighted by molar-refractivity contribution is 0.258. The highest BCUT2D eigenvalue weighted by Gasteiger charge is 2.36. The monoisotopic (exact) mass is 335 g/mol. The molecule has 2 N–H and O–H groups in total. The topological polar surface area (TPSA) is 74.2 Å². The summed E-state index contributed by atoms with van der Waals surface area (Å²) in [6.07, 6.45) is 5.92. The Morgan fingerprint density at radius 3 is 2.83 bits per heavy atom. The maximum atomic E-state index is 6.40. The fraction of sp³-hybridized carbons (Fsp3) is 0.529. The zero-order valence-electron chi connectivity index (χ0n) is 13.0. The van der Waals surface area contributed by atoms with Crippen molar-refractivity contribution in [3.8, 4) is 5.75 Å². The predicted octanol–water partition coefficient (Wildman–Crippen LogP) is 3.33. The van der Waals surface area contributed by atoms with E-state index in [9.17, 15) is 0 Å². The highest BCUT2D eigenvalue weighted by Crippen LogP contribution is 2.37. The van der Waals surface area contributed by atoms with E-state index >= 15 is 0 Å². The van der Waals surface area contributed by atoms with Gasteiger partial charge in [0.1, 0.15) is 5.75 Å². The molecule has 0 spiro atoms. The molecule has 1 atom stereocenters. The third kappa shape index (κ3) is 3.08. The number of nitrogens with two attached hydrogens (primary N) is 1. The summed E-state index contributed by atoms with van der Waals surface area (Å²) in [5, 5.41) is 4.15. The van der Waals surface area contributed by atoms with E-state index in [2.05, 4.69) is 16.2 Å². The van der Waals surface area contributed by atoms with Crippen molar-refractivity contribution in [1.82, 2.24) is 10.1 Å². The first kappa shape index (κ1) is 16.3. The van der Waals surface area contributed by atoms with Gasteiger partial charge in [0.15, 0.2) is 5.82 Å². The first-order valence-corrected chi connectivity index (χ1v) is 8.08. The second kappa shape index (κ2) is 6.49. The molecule has 2 aliphatic rings. The van der Waals surface area contributed by atoms with Gasteiger partial charge in [-0.25, -0.2) is 0 Å². The molecular weight excluding hydrogens is 314 g/mol. The fourth-order valence-corrected chi connectivity index (χ4v) is 3.61. The van der Waals surface area contributed by atoms with Crippen LogP contribution in [0.25, 0.3) is 0 Å². The minimum absolute atomic E-state index is 0. The lowest BCUT2D eigenvalue weighted by Crippen LogP contribution is -2.34. The molecule has 23 heavy (non-hydrogen) atoms. The van der Waals surface area contributed by atoms with Gasteiger partial charge in [-0.1, -0.05) is 36.2 Å². The zero-order chi connectivity index (χ0) is 15.0. The van der Waals surface area contributed by atoms with Crippen LogP contribution in [0.1, 0.15) is 55.3 Å². The van der Waals surface area contributed by atoms with Gasteiger partial charge in [-0.2, -0.15) is 4.98 Å². The molecule has 0 bridgehead atoms. The van der Waals surface area contributed by atoms with Crippen LogP contribution in [-0.2, 0) is 12.0 Å². The Labute approximate surface area is 142 Å². The Hall–Kier alpha value is -1.59. The first-order chi connectivity index (χ1) is 10.7. The van der Waals surface area contributed by atoms with E-state index in [4.69, 9.17) is 15.0 Å². The molecular formula is C17H22ClN3O2. The zero-order valence-corrected chi connectivity index (χ0v) is 13.8. The van der Waals surface area contributed by atoms with Crippen LogP contribution in [0.3, 0.4) is 0 Å². The van der Waals surface area contributed by atoms with Gasteiger partial charge in [-0.05, 0) is 36.8 Å². The van der Waals surface area contributed by atoms with Crippen LogP contribution >= 0.6 is 12.4 Å². The Balaban J connectivity index is 0.00000156. The quantitative estimate of drug-likeness (QED) is 0.931. The Kier molecular flexibility index (Phi) is 4.60. The van der Waals surface area contributed by atoms with Crippen molar-refractivity contribution in [3.63, 3.8) is 0 Å². The minimum Gasteiger partial charge on any atom is -0.493 e. The third-order valence-corrected chi connectivity index (χ3v) is 4.91. The number of nitrogens with zero attached hydrogens (tertiary/aromatic N) is 2.